The highest BCUT2D eigenvalue weighted by Gasteiger charge is 2.33. The van der Waals surface area contributed by atoms with Crippen LogP contribution >= 0.6 is 0 Å². The Hall–Kier alpha value is -1.88. The van der Waals surface area contributed by atoms with E-state index in [0.717, 1.165) is 44.7 Å². The van der Waals surface area contributed by atoms with E-state index in [1.54, 1.807) is 6.07 Å². The third kappa shape index (κ3) is 2.86. The first kappa shape index (κ1) is 15.0. The molecule has 1 unspecified atom stereocenters. The molecule has 2 aliphatic heterocycles. The standard InChI is InChI=1S/C17H23N3O2/c1-2-7-19-8-10-20(11-9-19)17(22)15-12-18-16(21)14-6-4-3-5-13(14)15/h3-6,15H,2,7-12H2,1H3,(H,18,21). The van der Waals surface area contributed by atoms with Crippen molar-refractivity contribution in [1.29, 1.82) is 0 Å². The Morgan fingerprint density at radius 1 is 1.23 bits per heavy atom. The van der Waals surface area contributed by atoms with Crippen molar-refractivity contribution in [2.45, 2.75) is 19.3 Å². The van der Waals surface area contributed by atoms with Crippen molar-refractivity contribution in [2.75, 3.05) is 39.3 Å². The fourth-order valence-electron chi connectivity index (χ4n) is 3.36. The van der Waals surface area contributed by atoms with Crippen molar-refractivity contribution >= 4 is 11.8 Å². The van der Waals surface area contributed by atoms with Crippen LogP contribution in [0.25, 0.3) is 0 Å². The lowest BCUT2D eigenvalue weighted by Crippen LogP contribution is -2.52. The van der Waals surface area contributed by atoms with Gasteiger partial charge in [0.15, 0.2) is 0 Å². The van der Waals surface area contributed by atoms with Crippen LogP contribution in [0.2, 0.25) is 0 Å². The number of benzene rings is 1. The summed E-state index contributed by atoms with van der Waals surface area (Å²) in [6.45, 7) is 7.14. The van der Waals surface area contributed by atoms with E-state index in [1.165, 1.54) is 0 Å². The van der Waals surface area contributed by atoms with Gasteiger partial charge < -0.3 is 10.2 Å². The zero-order valence-corrected chi connectivity index (χ0v) is 13.0. The van der Waals surface area contributed by atoms with Gasteiger partial charge in [0.2, 0.25) is 5.91 Å². The van der Waals surface area contributed by atoms with Crippen molar-refractivity contribution in [2.24, 2.45) is 0 Å². The first-order chi connectivity index (χ1) is 10.7. The zero-order chi connectivity index (χ0) is 15.5. The van der Waals surface area contributed by atoms with Gasteiger partial charge >= 0.3 is 0 Å². The Morgan fingerprint density at radius 2 is 1.95 bits per heavy atom. The quantitative estimate of drug-likeness (QED) is 0.908. The third-order valence-electron chi connectivity index (χ3n) is 4.57. The molecular formula is C17H23N3O2. The molecule has 0 spiro atoms. The molecule has 2 heterocycles. The highest BCUT2D eigenvalue weighted by Crippen LogP contribution is 2.26. The summed E-state index contributed by atoms with van der Waals surface area (Å²) in [5, 5.41) is 2.84. The maximum absolute atomic E-state index is 12.8. The summed E-state index contributed by atoms with van der Waals surface area (Å²) < 4.78 is 0. The lowest BCUT2D eigenvalue weighted by molar-refractivity contribution is -0.134. The molecule has 1 atom stereocenters. The van der Waals surface area contributed by atoms with Gasteiger partial charge in [0, 0.05) is 38.3 Å². The van der Waals surface area contributed by atoms with Gasteiger partial charge in [-0.2, -0.15) is 0 Å². The molecule has 1 aromatic rings. The van der Waals surface area contributed by atoms with Crippen molar-refractivity contribution in [1.82, 2.24) is 15.1 Å². The van der Waals surface area contributed by atoms with E-state index in [1.807, 2.05) is 23.1 Å². The molecule has 5 nitrogen and oxygen atoms in total. The van der Waals surface area contributed by atoms with Gasteiger partial charge in [0.25, 0.3) is 5.91 Å². The van der Waals surface area contributed by atoms with E-state index in [2.05, 4.69) is 17.1 Å². The minimum absolute atomic E-state index is 0.0765. The highest BCUT2D eigenvalue weighted by molar-refractivity contribution is 6.00. The molecule has 0 aromatic heterocycles. The van der Waals surface area contributed by atoms with Gasteiger partial charge in [-0.05, 0) is 24.6 Å². The number of rotatable bonds is 3. The topological polar surface area (TPSA) is 52.6 Å². The summed E-state index contributed by atoms with van der Waals surface area (Å²) in [4.78, 5) is 29.1. The molecule has 1 saturated heterocycles. The molecule has 3 rings (SSSR count). The van der Waals surface area contributed by atoms with E-state index >= 15 is 0 Å². The maximum Gasteiger partial charge on any atom is 0.251 e. The summed E-state index contributed by atoms with van der Waals surface area (Å²) in [5.74, 6) is -0.178. The molecule has 5 heteroatoms. The van der Waals surface area contributed by atoms with Crippen LogP contribution in [0.15, 0.2) is 24.3 Å². The summed E-state index contributed by atoms with van der Waals surface area (Å²) in [6, 6.07) is 7.44. The van der Waals surface area contributed by atoms with Crippen LogP contribution in [0.3, 0.4) is 0 Å². The zero-order valence-electron chi connectivity index (χ0n) is 13.0. The number of piperazine rings is 1. The molecule has 2 amide bonds. The highest BCUT2D eigenvalue weighted by atomic mass is 16.2. The van der Waals surface area contributed by atoms with E-state index in [9.17, 15) is 9.59 Å². The van der Waals surface area contributed by atoms with Crippen molar-refractivity contribution < 1.29 is 9.59 Å². The van der Waals surface area contributed by atoms with Crippen LogP contribution in [-0.4, -0.2) is 60.9 Å². The average Bonchev–Trinajstić information content (AvgIpc) is 2.56. The minimum atomic E-state index is -0.244. The number of carbonyl (C=O) groups excluding carboxylic acids is 2. The second-order valence-electron chi connectivity index (χ2n) is 6.02. The first-order valence-electron chi connectivity index (χ1n) is 8.09. The molecule has 0 radical (unpaired) electrons. The van der Waals surface area contributed by atoms with E-state index in [4.69, 9.17) is 0 Å². The van der Waals surface area contributed by atoms with Gasteiger partial charge in [-0.15, -0.1) is 0 Å². The van der Waals surface area contributed by atoms with E-state index < -0.39 is 0 Å². The molecule has 0 bridgehead atoms. The maximum atomic E-state index is 12.8. The Labute approximate surface area is 131 Å². The number of nitrogens with one attached hydrogen (secondary N) is 1. The molecule has 0 aliphatic carbocycles. The Morgan fingerprint density at radius 3 is 2.68 bits per heavy atom. The summed E-state index contributed by atoms with van der Waals surface area (Å²) in [6.07, 6.45) is 1.15. The molecule has 2 aliphatic rings. The molecule has 1 aromatic carbocycles. The monoisotopic (exact) mass is 301 g/mol. The Balaban J connectivity index is 1.71. The van der Waals surface area contributed by atoms with Gasteiger partial charge in [-0.3, -0.25) is 14.5 Å². The van der Waals surface area contributed by atoms with Crippen molar-refractivity contribution in [3.8, 4) is 0 Å². The predicted octanol–water partition coefficient (Wildman–Crippen LogP) is 1.07. The van der Waals surface area contributed by atoms with Gasteiger partial charge in [0.1, 0.15) is 0 Å². The summed E-state index contributed by atoms with van der Waals surface area (Å²) in [5.41, 5.74) is 1.50. The van der Waals surface area contributed by atoms with Gasteiger partial charge in [0.05, 0.1) is 5.92 Å². The Kier molecular flexibility index (Phi) is 4.43. The SMILES string of the molecule is CCCN1CCN(C(=O)C2CNC(=O)c3ccccc32)CC1. The van der Waals surface area contributed by atoms with Crippen LogP contribution in [0.1, 0.15) is 35.2 Å². The van der Waals surface area contributed by atoms with Gasteiger partial charge in [-0.25, -0.2) is 0 Å². The molecular weight excluding hydrogens is 278 g/mol. The fourth-order valence-corrected chi connectivity index (χ4v) is 3.36. The van der Waals surface area contributed by atoms with E-state index in [0.29, 0.717) is 12.1 Å². The second-order valence-corrected chi connectivity index (χ2v) is 6.02. The number of carbonyl (C=O) groups is 2. The lowest BCUT2D eigenvalue weighted by Gasteiger charge is -2.37. The number of nitrogens with zero attached hydrogens (tertiary/aromatic N) is 2. The average molecular weight is 301 g/mol. The van der Waals surface area contributed by atoms with Crippen LogP contribution < -0.4 is 5.32 Å². The first-order valence-corrected chi connectivity index (χ1v) is 8.09. The van der Waals surface area contributed by atoms with Crippen LogP contribution in [-0.2, 0) is 4.79 Å². The normalized spacial score (nSPS) is 22.1. The molecule has 1 fully saturated rings. The van der Waals surface area contributed by atoms with Crippen LogP contribution in [0.4, 0.5) is 0 Å². The summed E-state index contributed by atoms with van der Waals surface area (Å²) in [7, 11) is 0. The predicted molar refractivity (Wildman–Crippen MR) is 84.8 cm³/mol. The number of amides is 2. The van der Waals surface area contributed by atoms with E-state index in [-0.39, 0.29) is 17.7 Å². The number of hydrogen-bond donors (Lipinski definition) is 1. The largest absolute Gasteiger partial charge is 0.351 e. The molecule has 118 valence electrons. The third-order valence-corrected chi connectivity index (χ3v) is 4.57. The minimum Gasteiger partial charge on any atom is -0.351 e. The molecule has 0 saturated carbocycles. The Bertz CT molecular complexity index is 565. The lowest BCUT2D eigenvalue weighted by atomic mass is 9.89. The number of fused-ring (bicyclic) bond motifs is 1. The van der Waals surface area contributed by atoms with Crippen LogP contribution in [0, 0.1) is 0 Å². The second kappa shape index (κ2) is 6.48. The van der Waals surface area contributed by atoms with Crippen molar-refractivity contribution in [3.63, 3.8) is 0 Å². The molecule has 1 N–H and O–H groups in total. The van der Waals surface area contributed by atoms with Crippen molar-refractivity contribution in [3.05, 3.63) is 35.4 Å². The number of hydrogen-bond acceptors (Lipinski definition) is 3. The van der Waals surface area contributed by atoms with Gasteiger partial charge in [-0.1, -0.05) is 25.1 Å². The smallest absolute Gasteiger partial charge is 0.251 e. The summed E-state index contributed by atoms with van der Waals surface area (Å²) >= 11 is 0. The fraction of sp³-hybridized carbons (Fsp3) is 0.529. The van der Waals surface area contributed by atoms with Crippen LogP contribution in [0.5, 0.6) is 0 Å². The molecule has 22 heavy (non-hydrogen) atoms.